The van der Waals surface area contributed by atoms with Crippen LogP contribution < -0.4 is 15.5 Å². The van der Waals surface area contributed by atoms with Gasteiger partial charge in [0.15, 0.2) is 6.54 Å². The van der Waals surface area contributed by atoms with E-state index in [4.69, 9.17) is 0 Å². The number of benzene rings is 2. The molecule has 0 saturated carbocycles. The Hall–Kier alpha value is -2.47. The third-order valence-electron chi connectivity index (χ3n) is 5.55. The van der Waals surface area contributed by atoms with Crippen LogP contribution in [0.1, 0.15) is 34.9 Å². The minimum absolute atomic E-state index is 0.0282. The van der Waals surface area contributed by atoms with Crippen LogP contribution in [0.3, 0.4) is 0 Å². The number of likely N-dealkylation sites (tertiary alicyclic amines) is 1. The molecule has 0 bridgehead atoms. The summed E-state index contributed by atoms with van der Waals surface area (Å²) in [6.45, 7) is 4.03. The van der Waals surface area contributed by atoms with Gasteiger partial charge in [0, 0.05) is 29.7 Å². The molecule has 3 aromatic rings. The Bertz CT molecular complexity index is 888. The largest absolute Gasteiger partial charge is 0.331 e. The average molecular weight is 408 g/mol. The van der Waals surface area contributed by atoms with Crippen molar-refractivity contribution in [1.29, 1.82) is 0 Å². The van der Waals surface area contributed by atoms with E-state index < -0.39 is 0 Å². The van der Waals surface area contributed by atoms with E-state index in [9.17, 15) is 4.79 Å². The first kappa shape index (κ1) is 19.8. The second-order valence-electron chi connectivity index (χ2n) is 7.72. The molecule has 2 aromatic carbocycles. The maximum atomic E-state index is 12.5. The van der Waals surface area contributed by atoms with Crippen LogP contribution >= 0.6 is 11.3 Å². The SMILES string of the molecule is O=C(C[NH2+][C@@H](c1ccccc1)c1cccs1)Nc1ccc(C[NH+]2CCCC2)cc1. The van der Waals surface area contributed by atoms with E-state index in [1.54, 1.807) is 16.2 Å². The molecule has 1 atom stereocenters. The molecule has 0 spiro atoms. The van der Waals surface area contributed by atoms with Gasteiger partial charge in [-0.3, -0.25) is 4.79 Å². The fourth-order valence-corrected chi connectivity index (χ4v) is 4.88. The van der Waals surface area contributed by atoms with Crippen molar-refractivity contribution in [3.63, 3.8) is 0 Å². The molecule has 2 heterocycles. The Morgan fingerprint density at radius 1 is 1.00 bits per heavy atom. The van der Waals surface area contributed by atoms with Gasteiger partial charge in [-0.15, -0.1) is 11.3 Å². The fourth-order valence-electron chi connectivity index (χ4n) is 4.03. The lowest BCUT2D eigenvalue weighted by Crippen LogP contribution is -3.08. The highest BCUT2D eigenvalue weighted by molar-refractivity contribution is 7.10. The summed E-state index contributed by atoms with van der Waals surface area (Å²) in [7, 11) is 0. The number of rotatable bonds is 8. The summed E-state index contributed by atoms with van der Waals surface area (Å²) in [5, 5.41) is 7.24. The van der Waals surface area contributed by atoms with Gasteiger partial charge < -0.3 is 15.5 Å². The summed E-state index contributed by atoms with van der Waals surface area (Å²) < 4.78 is 0. The van der Waals surface area contributed by atoms with Crippen molar-refractivity contribution < 1.29 is 15.0 Å². The summed E-state index contributed by atoms with van der Waals surface area (Å²) in [6, 6.07) is 23.1. The van der Waals surface area contributed by atoms with Crippen LogP contribution in [0.5, 0.6) is 0 Å². The molecule has 0 aliphatic carbocycles. The molecule has 0 radical (unpaired) electrons. The molecule has 5 heteroatoms. The molecule has 150 valence electrons. The highest BCUT2D eigenvalue weighted by Gasteiger charge is 2.20. The number of amides is 1. The van der Waals surface area contributed by atoms with Crippen LogP contribution in [0.25, 0.3) is 0 Å². The van der Waals surface area contributed by atoms with Gasteiger partial charge in [0.1, 0.15) is 12.6 Å². The molecule has 1 aromatic heterocycles. The molecular formula is C24H29N3OS+2. The number of carbonyl (C=O) groups is 1. The lowest BCUT2D eigenvalue weighted by Gasteiger charge is -2.15. The molecule has 1 amide bonds. The Morgan fingerprint density at radius 3 is 2.45 bits per heavy atom. The average Bonchev–Trinajstić information content (AvgIpc) is 3.45. The van der Waals surface area contributed by atoms with Gasteiger partial charge in [0.05, 0.1) is 18.0 Å². The van der Waals surface area contributed by atoms with E-state index in [0.717, 1.165) is 12.2 Å². The van der Waals surface area contributed by atoms with E-state index in [-0.39, 0.29) is 11.9 Å². The lowest BCUT2D eigenvalue weighted by molar-refractivity contribution is -0.901. The molecular weight excluding hydrogens is 378 g/mol. The van der Waals surface area contributed by atoms with Crippen molar-refractivity contribution in [2.75, 3.05) is 25.0 Å². The standard InChI is InChI=1S/C24H27N3OS/c28-23(26-21-12-10-19(11-13-21)18-27-14-4-5-15-27)17-25-24(22-9-6-16-29-22)20-7-2-1-3-8-20/h1-3,6-13,16,24-25H,4-5,14-15,17-18H2,(H,26,28)/p+2/t24-/m0/s1. The molecule has 4 N–H and O–H groups in total. The van der Waals surface area contributed by atoms with Gasteiger partial charge in [0.2, 0.25) is 0 Å². The molecule has 1 saturated heterocycles. The smallest absolute Gasteiger partial charge is 0.279 e. The first-order valence-electron chi connectivity index (χ1n) is 10.4. The molecule has 1 aliphatic heterocycles. The monoisotopic (exact) mass is 407 g/mol. The Morgan fingerprint density at radius 2 is 1.76 bits per heavy atom. The van der Waals surface area contributed by atoms with Crippen molar-refractivity contribution in [2.45, 2.75) is 25.4 Å². The molecule has 1 aliphatic rings. The highest BCUT2D eigenvalue weighted by Crippen LogP contribution is 2.22. The summed E-state index contributed by atoms with van der Waals surface area (Å²) >= 11 is 1.73. The molecule has 1 fully saturated rings. The summed E-state index contributed by atoms with van der Waals surface area (Å²) in [4.78, 5) is 15.5. The number of hydrogen-bond donors (Lipinski definition) is 3. The third-order valence-corrected chi connectivity index (χ3v) is 6.51. The molecule has 4 rings (SSSR count). The van der Waals surface area contributed by atoms with Gasteiger partial charge in [-0.1, -0.05) is 48.5 Å². The highest BCUT2D eigenvalue weighted by atomic mass is 32.1. The van der Waals surface area contributed by atoms with E-state index in [1.165, 1.54) is 41.9 Å². The summed E-state index contributed by atoms with van der Waals surface area (Å²) in [5.41, 5.74) is 3.43. The molecule has 29 heavy (non-hydrogen) atoms. The number of hydrogen-bond acceptors (Lipinski definition) is 2. The maximum absolute atomic E-state index is 12.5. The number of nitrogens with one attached hydrogen (secondary N) is 2. The van der Waals surface area contributed by atoms with E-state index in [0.29, 0.717) is 6.54 Å². The van der Waals surface area contributed by atoms with E-state index in [1.807, 2.05) is 18.2 Å². The second kappa shape index (κ2) is 9.83. The first-order valence-corrected chi connectivity index (χ1v) is 11.3. The van der Waals surface area contributed by atoms with Crippen LogP contribution in [0, 0.1) is 0 Å². The van der Waals surface area contributed by atoms with Gasteiger partial charge in [-0.25, -0.2) is 0 Å². The lowest BCUT2D eigenvalue weighted by atomic mass is 10.1. The van der Waals surface area contributed by atoms with Gasteiger partial charge in [0.25, 0.3) is 5.91 Å². The van der Waals surface area contributed by atoms with Gasteiger partial charge in [-0.05, 0) is 23.6 Å². The zero-order valence-electron chi connectivity index (χ0n) is 16.6. The third kappa shape index (κ3) is 5.54. The normalized spacial score (nSPS) is 15.3. The fraction of sp³-hybridized carbons (Fsp3) is 0.292. The Kier molecular flexibility index (Phi) is 6.72. The van der Waals surface area contributed by atoms with E-state index >= 15 is 0 Å². The van der Waals surface area contributed by atoms with Crippen LogP contribution in [-0.2, 0) is 11.3 Å². The number of nitrogens with two attached hydrogens (primary N) is 1. The van der Waals surface area contributed by atoms with Gasteiger partial charge >= 0.3 is 0 Å². The van der Waals surface area contributed by atoms with Crippen LogP contribution in [0.15, 0.2) is 72.1 Å². The zero-order valence-corrected chi connectivity index (χ0v) is 17.5. The van der Waals surface area contributed by atoms with Crippen molar-refractivity contribution in [3.05, 3.63) is 88.1 Å². The number of carbonyl (C=O) groups excluding carboxylic acids is 1. The summed E-state index contributed by atoms with van der Waals surface area (Å²) in [5.74, 6) is 0.0282. The van der Waals surface area contributed by atoms with Crippen molar-refractivity contribution in [3.8, 4) is 0 Å². The van der Waals surface area contributed by atoms with E-state index in [2.05, 4.69) is 64.5 Å². The first-order chi connectivity index (χ1) is 14.3. The predicted octanol–water partition coefficient (Wildman–Crippen LogP) is 2.22. The van der Waals surface area contributed by atoms with Crippen LogP contribution in [-0.4, -0.2) is 25.5 Å². The molecule has 0 unspecified atom stereocenters. The topological polar surface area (TPSA) is 50.1 Å². The Labute approximate surface area is 176 Å². The number of anilines is 1. The summed E-state index contributed by atoms with van der Waals surface area (Å²) in [6.07, 6.45) is 2.69. The van der Waals surface area contributed by atoms with Crippen molar-refractivity contribution in [1.82, 2.24) is 0 Å². The minimum Gasteiger partial charge on any atom is -0.331 e. The van der Waals surface area contributed by atoms with Crippen LogP contribution in [0.4, 0.5) is 5.69 Å². The van der Waals surface area contributed by atoms with Crippen LogP contribution in [0.2, 0.25) is 0 Å². The molecule has 4 nitrogen and oxygen atoms in total. The zero-order chi connectivity index (χ0) is 19.9. The van der Waals surface area contributed by atoms with Crippen molar-refractivity contribution >= 4 is 22.9 Å². The number of thiophene rings is 1. The minimum atomic E-state index is 0.0282. The maximum Gasteiger partial charge on any atom is 0.279 e. The second-order valence-corrected chi connectivity index (χ2v) is 8.70. The van der Waals surface area contributed by atoms with Gasteiger partial charge in [-0.2, -0.15) is 0 Å². The number of quaternary nitrogens is 2. The Balaban J connectivity index is 1.32. The quantitative estimate of drug-likeness (QED) is 0.527. The predicted molar refractivity (Wildman–Crippen MR) is 118 cm³/mol. The van der Waals surface area contributed by atoms with Crippen molar-refractivity contribution in [2.24, 2.45) is 0 Å².